The number of carbonyl (C=O) groups is 2. The summed E-state index contributed by atoms with van der Waals surface area (Å²) < 4.78 is 9.86. The maximum absolute atomic E-state index is 11.9. The fourth-order valence-electron chi connectivity index (χ4n) is 1.79. The highest BCUT2D eigenvalue weighted by atomic mass is 16.6. The molecule has 0 aromatic heterocycles. The highest BCUT2D eigenvalue weighted by molar-refractivity contribution is 5.82. The zero-order valence-electron chi connectivity index (χ0n) is 11.1. The molecular weight excluding hydrogens is 236 g/mol. The molecule has 0 bridgehead atoms. The lowest BCUT2D eigenvalue weighted by Crippen LogP contribution is -2.43. The van der Waals surface area contributed by atoms with Crippen LogP contribution < -0.4 is 0 Å². The fraction of sp³-hybridized carbons (Fsp3) is 0.750. The van der Waals surface area contributed by atoms with Crippen LogP contribution in [0, 0.1) is 6.57 Å². The van der Waals surface area contributed by atoms with Crippen molar-refractivity contribution < 1.29 is 19.1 Å². The largest absolute Gasteiger partial charge is 0.467 e. The van der Waals surface area contributed by atoms with Gasteiger partial charge in [0.25, 0.3) is 0 Å². The molecule has 1 rings (SSSR count). The van der Waals surface area contributed by atoms with Gasteiger partial charge in [-0.2, -0.15) is 0 Å². The number of methoxy groups -OCH3 is 1. The van der Waals surface area contributed by atoms with Gasteiger partial charge in [-0.25, -0.2) is 16.2 Å². The number of ether oxygens (including phenoxy) is 2. The van der Waals surface area contributed by atoms with Crippen molar-refractivity contribution in [2.75, 3.05) is 13.7 Å². The minimum atomic E-state index is -0.719. The fourth-order valence-corrected chi connectivity index (χ4v) is 1.79. The number of hydrogen-bond donors (Lipinski definition) is 0. The predicted molar refractivity (Wildman–Crippen MR) is 63.8 cm³/mol. The first-order valence-corrected chi connectivity index (χ1v) is 5.72. The number of amides is 1. The second-order valence-corrected chi connectivity index (χ2v) is 5.19. The van der Waals surface area contributed by atoms with E-state index in [9.17, 15) is 9.59 Å². The number of esters is 1. The van der Waals surface area contributed by atoms with Gasteiger partial charge in [0.2, 0.25) is 6.04 Å². The molecule has 0 aliphatic carbocycles. The Hall–Kier alpha value is -1.77. The van der Waals surface area contributed by atoms with Crippen LogP contribution in [-0.2, 0) is 14.3 Å². The molecule has 1 saturated heterocycles. The van der Waals surface area contributed by atoms with Crippen LogP contribution in [0.2, 0.25) is 0 Å². The van der Waals surface area contributed by atoms with Crippen molar-refractivity contribution in [2.24, 2.45) is 0 Å². The van der Waals surface area contributed by atoms with E-state index in [4.69, 9.17) is 11.3 Å². The van der Waals surface area contributed by atoms with E-state index in [1.165, 1.54) is 12.0 Å². The van der Waals surface area contributed by atoms with Crippen LogP contribution >= 0.6 is 0 Å². The molecule has 0 aromatic carbocycles. The summed E-state index contributed by atoms with van der Waals surface area (Å²) in [5.74, 6) is -0.507. The molecule has 2 atom stereocenters. The standard InChI is InChI=1S/C12H18N2O4/c1-12(2,3)18-11(16)14-7-8(13-4)6-9(14)10(15)17-5/h8-9H,6-7H2,1-3,5H3/t8?,9-/m0/s1. The van der Waals surface area contributed by atoms with Crippen molar-refractivity contribution in [3.05, 3.63) is 11.4 Å². The Balaban J connectivity index is 2.81. The van der Waals surface area contributed by atoms with E-state index in [1.807, 2.05) is 0 Å². The summed E-state index contributed by atoms with van der Waals surface area (Å²) in [5.41, 5.74) is -0.631. The molecule has 1 heterocycles. The van der Waals surface area contributed by atoms with Crippen molar-refractivity contribution in [1.82, 2.24) is 4.90 Å². The molecule has 0 spiro atoms. The molecule has 100 valence electrons. The van der Waals surface area contributed by atoms with Gasteiger partial charge >= 0.3 is 12.1 Å². The summed E-state index contributed by atoms with van der Waals surface area (Å²) >= 11 is 0. The van der Waals surface area contributed by atoms with Crippen LogP contribution in [0.25, 0.3) is 4.85 Å². The Morgan fingerprint density at radius 2 is 2.00 bits per heavy atom. The average molecular weight is 254 g/mol. The third kappa shape index (κ3) is 3.36. The second-order valence-electron chi connectivity index (χ2n) is 5.19. The lowest BCUT2D eigenvalue weighted by Gasteiger charge is -2.26. The highest BCUT2D eigenvalue weighted by Crippen LogP contribution is 2.24. The SMILES string of the molecule is [C-]#[N+]C1C[C@@H](C(=O)OC)N(C(=O)OC(C)(C)C)C1. The molecule has 18 heavy (non-hydrogen) atoms. The highest BCUT2D eigenvalue weighted by Gasteiger charge is 2.45. The van der Waals surface area contributed by atoms with Gasteiger partial charge in [-0.15, -0.1) is 0 Å². The normalized spacial score (nSPS) is 23.4. The van der Waals surface area contributed by atoms with Crippen LogP contribution in [0.5, 0.6) is 0 Å². The summed E-state index contributed by atoms with van der Waals surface area (Å²) in [6.07, 6.45) is -0.279. The van der Waals surface area contributed by atoms with Crippen molar-refractivity contribution >= 4 is 12.1 Å². The van der Waals surface area contributed by atoms with Gasteiger partial charge in [-0.05, 0) is 20.8 Å². The Bertz CT molecular complexity index is 381. The Kier molecular flexibility index (Phi) is 4.17. The number of hydrogen-bond acceptors (Lipinski definition) is 4. The molecule has 0 radical (unpaired) electrons. The van der Waals surface area contributed by atoms with Crippen LogP contribution in [0.3, 0.4) is 0 Å². The molecule has 6 heteroatoms. The van der Waals surface area contributed by atoms with E-state index in [1.54, 1.807) is 20.8 Å². The Morgan fingerprint density at radius 1 is 1.39 bits per heavy atom. The van der Waals surface area contributed by atoms with Crippen LogP contribution in [0.1, 0.15) is 27.2 Å². The molecular formula is C12H18N2O4. The van der Waals surface area contributed by atoms with Crippen molar-refractivity contribution in [3.63, 3.8) is 0 Å². The quantitative estimate of drug-likeness (QED) is 0.525. The molecule has 1 amide bonds. The van der Waals surface area contributed by atoms with Gasteiger partial charge in [0, 0.05) is 0 Å². The molecule has 0 saturated carbocycles. The lowest BCUT2D eigenvalue weighted by atomic mass is 10.2. The minimum Gasteiger partial charge on any atom is -0.467 e. The zero-order valence-corrected chi connectivity index (χ0v) is 11.1. The van der Waals surface area contributed by atoms with Gasteiger partial charge in [0.15, 0.2) is 0 Å². The third-order valence-corrected chi connectivity index (χ3v) is 2.56. The summed E-state index contributed by atoms with van der Waals surface area (Å²) in [6.45, 7) is 12.5. The summed E-state index contributed by atoms with van der Waals surface area (Å²) in [6, 6.07) is -1.09. The van der Waals surface area contributed by atoms with Crippen LogP contribution in [-0.4, -0.2) is 48.3 Å². The first kappa shape index (κ1) is 14.3. The van der Waals surface area contributed by atoms with Gasteiger partial charge in [0.1, 0.15) is 18.2 Å². The molecule has 0 aromatic rings. The summed E-state index contributed by atoms with van der Waals surface area (Å²) in [5, 5.41) is 0. The van der Waals surface area contributed by atoms with Gasteiger partial charge in [-0.3, -0.25) is 4.90 Å². The average Bonchev–Trinajstić information content (AvgIpc) is 2.69. The summed E-state index contributed by atoms with van der Waals surface area (Å²) in [4.78, 5) is 28.2. The number of nitrogens with zero attached hydrogens (tertiary/aromatic N) is 2. The predicted octanol–water partition coefficient (Wildman–Crippen LogP) is 1.46. The molecule has 1 unspecified atom stereocenters. The third-order valence-electron chi connectivity index (χ3n) is 2.56. The first-order chi connectivity index (χ1) is 8.28. The molecule has 1 fully saturated rings. The molecule has 0 N–H and O–H groups in total. The molecule has 1 aliphatic heterocycles. The number of likely N-dealkylation sites (tertiary alicyclic amines) is 1. The van der Waals surface area contributed by atoms with Crippen molar-refractivity contribution in [1.29, 1.82) is 0 Å². The van der Waals surface area contributed by atoms with E-state index in [0.717, 1.165) is 0 Å². The zero-order chi connectivity index (χ0) is 13.9. The lowest BCUT2D eigenvalue weighted by molar-refractivity contribution is -0.145. The monoisotopic (exact) mass is 254 g/mol. The van der Waals surface area contributed by atoms with Gasteiger partial charge in [0.05, 0.1) is 13.5 Å². The summed E-state index contributed by atoms with van der Waals surface area (Å²) in [7, 11) is 1.26. The van der Waals surface area contributed by atoms with Crippen LogP contribution in [0.4, 0.5) is 4.79 Å². The molecule has 1 aliphatic rings. The molecule has 6 nitrogen and oxygen atoms in total. The topological polar surface area (TPSA) is 60.2 Å². The number of carbonyl (C=O) groups excluding carboxylic acids is 2. The Labute approximate surface area is 107 Å². The van der Waals surface area contributed by atoms with Crippen molar-refractivity contribution in [2.45, 2.75) is 44.9 Å². The van der Waals surface area contributed by atoms with Crippen molar-refractivity contribution in [3.8, 4) is 0 Å². The van der Waals surface area contributed by atoms with E-state index in [-0.39, 0.29) is 12.6 Å². The van der Waals surface area contributed by atoms with Gasteiger partial charge < -0.3 is 14.3 Å². The minimum absolute atomic E-state index is 0.207. The maximum Gasteiger partial charge on any atom is 0.411 e. The van der Waals surface area contributed by atoms with E-state index >= 15 is 0 Å². The van der Waals surface area contributed by atoms with E-state index in [2.05, 4.69) is 9.58 Å². The second kappa shape index (κ2) is 5.25. The van der Waals surface area contributed by atoms with E-state index < -0.39 is 23.7 Å². The maximum atomic E-state index is 11.9. The Morgan fingerprint density at radius 3 is 2.44 bits per heavy atom. The van der Waals surface area contributed by atoms with Gasteiger partial charge in [-0.1, -0.05) is 0 Å². The smallest absolute Gasteiger partial charge is 0.411 e. The van der Waals surface area contributed by atoms with E-state index in [0.29, 0.717) is 6.42 Å². The first-order valence-electron chi connectivity index (χ1n) is 5.72. The number of rotatable bonds is 1. The van der Waals surface area contributed by atoms with Crippen LogP contribution in [0.15, 0.2) is 0 Å².